The number of aryl methyl sites for hydroxylation is 1. The Bertz CT molecular complexity index is 1660. The van der Waals surface area contributed by atoms with Gasteiger partial charge >= 0.3 is 0 Å². The van der Waals surface area contributed by atoms with Crippen LogP contribution < -0.4 is 0 Å². The minimum Gasteiger partial charge on any atom is -0.437 e. The molecule has 0 saturated heterocycles. The number of para-hydroxylation sites is 1. The molecule has 6 aromatic rings. The van der Waals surface area contributed by atoms with E-state index in [1.165, 1.54) is 16.8 Å². The maximum atomic E-state index is 7.64. The van der Waals surface area contributed by atoms with Crippen LogP contribution in [0.2, 0.25) is 0 Å². The van der Waals surface area contributed by atoms with Crippen LogP contribution in [-0.2, 0) is 0 Å². The monoisotopic (exact) mass is 389 g/mol. The number of rotatable bonds is 2. The van der Waals surface area contributed by atoms with Crippen molar-refractivity contribution in [1.29, 1.82) is 0 Å². The Balaban J connectivity index is 1.54. The van der Waals surface area contributed by atoms with E-state index in [1.807, 2.05) is 36.4 Å². The number of hydrogen-bond acceptors (Lipinski definition) is 3. The van der Waals surface area contributed by atoms with Crippen molar-refractivity contribution in [3.05, 3.63) is 96.8 Å². The van der Waals surface area contributed by atoms with Crippen LogP contribution in [0, 0.1) is 6.85 Å². The van der Waals surface area contributed by atoms with Crippen molar-refractivity contribution in [2.75, 3.05) is 0 Å². The van der Waals surface area contributed by atoms with Gasteiger partial charge in [-0.25, -0.2) is 4.98 Å². The third-order valence-corrected chi connectivity index (χ3v) is 5.50. The minimum absolute atomic E-state index is 0.0201. The van der Waals surface area contributed by atoms with Crippen molar-refractivity contribution >= 4 is 32.8 Å². The fraction of sp³-hybridized carbons (Fsp3) is 0.0370. The summed E-state index contributed by atoms with van der Waals surface area (Å²) < 4.78 is 29.0. The summed E-state index contributed by atoms with van der Waals surface area (Å²) in [5.41, 5.74) is 4.79. The van der Waals surface area contributed by atoms with Crippen LogP contribution in [-0.4, -0.2) is 9.97 Å². The van der Waals surface area contributed by atoms with Gasteiger partial charge in [-0.15, -0.1) is 0 Å². The summed E-state index contributed by atoms with van der Waals surface area (Å²) in [7, 11) is 0. The topological polar surface area (TPSA) is 38.9 Å². The molecular formula is C27H18N2O. The summed E-state index contributed by atoms with van der Waals surface area (Å²) in [6.45, 7) is -2.29. The number of furan rings is 1. The molecule has 3 heterocycles. The molecule has 0 fully saturated rings. The van der Waals surface area contributed by atoms with Gasteiger partial charge in [-0.05, 0) is 59.1 Å². The van der Waals surface area contributed by atoms with E-state index in [1.54, 1.807) is 12.3 Å². The molecule has 30 heavy (non-hydrogen) atoms. The normalized spacial score (nSPS) is 13.4. The van der Waals surface area contributed by atoms with Crippen LogP contribution >= 0.6 is 0 Å². The number of benzene rings is 3. The quantitative estimate of drug-likeness (QED) is 0.315. The van der Waals surface area contributed by atoms with Crippen LogP contribution in [0.5, 0.6) is 0 Å². The average Bonchev–Trinajstić information content (AvgIpc) is 3.21. The van der Waals surface area contributed by atoms with Crippen molar-refractivity contribution < 1.29 is 8.53 Å². The van der Waals surface area contributed by atoms with E-state index >= 15 is 0 Å². The molecule has 0 unspecified atom stereocenters. The second-order valence-electron chi connectivity index (χ2n) is 7.29. The second-order valence-corrected chi connectivity index (χ2v) is 7.29. The summed E-state index contributed by atoms with van der Waals surface area (Å²) in [6, 6.07) is 27.8. The molecule has 0 radical (unpaired) electrons. The molecule has 3 nitrogen and oxygen atoms in total. The van der Waals surface area contributed by atoms with E-state index in [9.17, 15) is 0 Å². The second kappa shape index (κ2) is 6.53. The summed E-state index contributed by atoms with van der Waals surface area (Å²) in [5, 5.41) is 4.03. The van der Waals surface area contributed by atoms with E-state index in [0.29, 0.717) is 11.3 Å². The predicted molar refractivity (Wildman–Crippen MR) is 122 cm³/mol. The molecule has 0 spiro atoms. The fourth-order valence-electron chi connectivity index (χ4n) is 4.10. The zero-order valence-electron chi connectivity index (χ0n) is 19.0. The molecule has 0 bridgehead atoms. The maximum absolute atomic E-state index is 7.64. The van der Waals surface area contributed by atoms with Gasteiger partial charge in [0.2, 0.25) is 5.71 Å². The Hall–Kier alpha value is -3.98. The highest BCUT2D eigenvalue weighted by molar-refractivity contribution is 6.08. The van der Waals surface area contributed by atoms with Crippen LogP contribution in [0.1, 0.15) is 9.81 Å². The van der Waals surface area contributed by atoms with Crippen molar-refractivity contribution in [2.45, 2.75) is 6.85 Å². The van der Waals surface area contributed by atoms with Gasteiger partial charge in [0.25, 0.3) is 0 Å². The molecule has 3 aromatic heterocycles. The minimum atomic E-state index is -2.29. The molecule has 3 aromatic carbocycles. The molecule has 3 heteroatoms. The Morgan fingerprint density at radius 3 is 2.57 bits per heavy atom. The van der Waals surface area contributed by atoms with Gasteiger partial charge in [0.1, 0.15) is 5.58 Å². The van der Waals surface area contributed by atoms with Gasteiger partial charge in [0.15, 0.2) is 0 Å². The van der Waals surface area contributed by atoms with Crippen molar-refractivity contribution in [3.8, 4) is 22.4 Å². The van der Waals surface area contributed by atoms with E-state index in [4.69, 9.17) is 8.53 Å². The Labute approximate surface area is 177 Å². The van der Waals surface area contributed by atoms with Gasteiger partial charge in [0.05, 0.1) is 5.69 Å². The summed E-state index contributed by atoms with van der Waals surface area (Å²) >= 11 is 0. The average molecular weight is 389 g/mol. The summed E-state index contributed by atoms with van der Waals surface area (Å²) in [4.78, 5) is 8.89. The van der Waals surface area contributed by atoms with Crippen molar-refractivity contribution in [2.24, 2.45) is 0 Å². The molecule has 142 valence electrons. The zero-order valence-corrected chi connectivity index (χ0v) is 16.0. The summed E-state index contributed by atoms with van der Waals surface area (Å²) in [5.74, 6) is 0. The van der Waals surface area contributed by atoms with Crippen LogP contribution in [0.15, 0.2) is 95.5 Å². The molecule has 6 rings (SSSR count). The van der Waals surface area contributed by atoms with E-state index < -0.39 is 6.85 Å². The lowest BCUT2D eigenvalue weighted by molar-refractivity contribution is 0.653. The third kappa shape index (κ3) is 2.60. The van der Waals surface area contributed by atoms with Crippen molar-refractivity contribution in [3.63, 3.8) is 0 Å². The highest BCUT2D eigenvalue weighted by atomic mass is 16.3. The largest absolute Gasteiger partial charge is 0.437 e. The van der Waals surface area contributed by atoms with Gasteiger partial charge < -0.3 is 4.42 Å². The molecular weight excluding hydrogens is 368 g/mol. The molecule has 0 aliphatic rings. The van der Waals surface area contributed by atoms with Crippen LogP contribution in [0.3, 0.4) is 0 Å². The Morgan fingerprint density at radius 1 is 0.767 bits per heavy atom. The Morgan fingerprint density at radius 2 is 1.60 bits per heavy atom. The lowest BCUT2D eigenvalue weighted by Gasteiger charge is -2.09. The highest BCUT2D eigenvalue weighted by Crippen LogP contribution is 2.36. The molecule has 0 aliphatic heterocycles. The van der Waals surface area contributed by atoms with Gasteiger partial charge in [-0.2, -0.15) is 0 Å². The fourth-order valence-corrected chi connectivity index (χ4v) is 4.10. The van der Waals surface area contributed by atoms with E-state index in [0.717, 1.165) is 33.2 Å². The summed E-state index contributed by atoms with van der Waals surface area (Å²) in [6.07, 6.45) is 1.80. The van der Waals surface area contributed by atoms with Gasteiger partial charge in [-0.3, -0.25) is 4.98 Å². The van der Waals surface area contributed by atoms with Crippen LogP contribution in [0.25, 0.3) is 55.2 Å². The maximum Gasteiger partial charge on any atom is 0.227 e. The van der Waals surface area contributed by atoms with Crippen molar-refractivity contribution in [1.82, 2.24) is 9.97 Å². The van der Waals surface area contributed by atoms with Gasteiger partial charge in [0, 0.05) is 32.3 Å². The molecule has 0 amide bonds. The van der Waals surface area contributed by atoms with E-state index in [-0.39, 0.29) is 5.69 Å². The van der Waals surface area contributed by atoms with Gasteiger partial charge in [-0.1, -0.05) is 54.6 Å². The zero-order chi connectivity index (χ0) is 22.6. The first-order valence-electron chi connectivity index (χ1n) is 11.3. The first-order chi connectivity index (χ1) is 16.0. The number of aromatic nitrogens is 2. The Kier molecular flexibility index (Phi) is 3.06. The molecule has 0 atom stereocenters. The smallest absolute Gasteiger partial charge is 0.227 e. The van der Waals surface area contributed by atoms with Crippen LogP contribution in [0.4, 0.5) is 0 Å². The number of nitrogens with zero attached hydrogens (tertiary/aromatic N) is 2. The standard InChI is InChI=1S/C27H18N2O/c1-17-12-13-23-22-10-5-11-24(26(22)30-27(23)29-17)25-16-19(14-15-28-25)21-9-4-7-18-6-2-3-8-20(18)21/h2-16H,1H3/i1D3. The number of hydrogen-bond donors (Lipinski definition) is 0. The third-order valence-electron chi connectivity index (χ3n) is 5.50. The first kappa shape index (κ1) is 14.1. The molecule has 0 saturated carbocycles. The number of fused-ring (bicyclic) bond motifs is 4. The predicted octanol–water partition coefficient (Wildman–Crippen LogP) is 7.17. The lowest BCUT2D eigenvalue weighted by atomic mass is 9.97. The molecule has 0 aliphatic carbocycles. The van der Waals surface area contributed by atoms with E-state index in [2.05, 4.69) is 46.4 Å². The number of pyridine rings is 2. The first-order valence-corrected chi connectivity index (χ1v) is 9.76. The SMILES string of the molecule is [2H]C([2H])([2H])c1ccc2c(n1)oc1c(-c3cc(-c4cccc5ccccc45)ccn3)cccc12. The highest BCUT2D eigenvalue weighted by Gasteiger charge is 2.14. The lowest BCUT2D eigenvalue weighted by Crippen LogP contribution is -1.87. The molecule has 0 N–H and O–H groups in total.